The summed E-state index contributed by atoms with van der Waals surface area (Å²) in [6, 6.07) is 7.62. The van der Waals surface area contributed by atoms with E-state index in [1.807, 2.05) is 38.1 Å². The minimum absolute atomic E-state index is 0.00347. The van der Waals surface area contributed by atoms with Crippen LogP contribution in [0.5, 0.6) is 11.5 Å². The highest BCUT2D eigenvalue weighted by molar-refractivity contribution is 5.96. The number of allylic oxidation sites excluding steroid dienone is 1. The molecule has 3 atom stereocenters. The largest absolute Gasteiger partial charge is 0.507 e. The number of rotatable bonds is 11. The summed E-state index contributed by atoms with van der Waals surface area (Å²) in [5.74, 6) is -0.161. The molecule has 0 heterocycles. The molecular formula is C30H39NO4. The molecule has 0 fully saturated rings. The molecule has 0 aliphatic heterocycles. The molecule has 0 saturated heterocycles. The molecule has 4 N–H and O–H groups in total. The molecule has 3 rings (SSSR count). The number of benzene rings is 2. The second kappa shape index (κ2) is 11.7. The second-order valence-electron chi connectivity index (χ2n) is 9.91. The highest BCUT2D eigenvalue weighted by Gasteiger charge is 2.36. The number of hydrogen-bond acceptors (Lipinski definition) is 5. The van der Waals surface area contributed by atoms with Crippen LogP contribution in [0.25, 0.3) is 5.57 Å². The molecule has 0 aromatic heterocycles. The van der Waals surface area contributed by atoms with Gasteiger partial charge < -0.3 is 20.7 Å². The van der Waals surface area contributed by atoms with Crippen LogP contribution in [0.1, 0.15) is 83.6 Å². The summed E-state index contributed by atoms with van der Waals surface area (Å²) in [7, 11) is 0. The number of unbranched alkanes of at least 4 members (excludes halogenated alkanes) is 1. The van der Waals surface area contributed by atoms with E-state index in [2.05, 4.69) is 20.1 Å². The van der Waals surface area contributed by atoms with Crippen molar-refractivity contribution >= 4 is 11.9 Å². The maximum Gasteiger partial charge on any atom is 0.154 e. The van der Waals surface area contributed by atoms with E-state index < -0.39 is 0 Å². The van der Waals surface area contributed by atoms with Crippen LogP contribution < -0.4 is 5.73 Å². The molecule has 0 saturated carbocycles. The van der Waals surface area contributed by atoms with Gasteiger partial charge in [-0.25, -0.2) is 0 Å². The van der Waals surface area contributed by atoms with Gasteiger partial charge in [0.2, 0.25) is 0 Å². The zero-order valence-corrected chi connectivity index (χ0v) is 21.3. The maximum atomic E-state index is 12.2. The fourth-order valence-corrected chi connectivity index (χ4v) is 5.15. The summed E-state index contributed by atoms with van der Waals surface area (Å²) in [6.45, 7) is 15.2. The van der Waals surface area contributed by atoms with Gasteiger partial charge in [-0.05, 0) is 55.7 Å². The average Bonchev–Trinajstić information content (AvgIpc) is 2.84. The fraction of sp³-hybridized carbons (Fsp3) is 0.433. The minimum Gasteiger partial charge on any atom is -0.507 e. The van der Waals surface area contributed by atoms with E-state index in [1.54, 1.807) is 0 Å². The van der Waals surface area contributed by atoms with Gasteiger partial charge in [0.15, 0.2) is 6.29 Å². The Labute approximate surface area is 209 Å². The first-order chi connectivity index (χ1) is 16.7. The van der Waals surface area contributed by atoms with E-state index in [0.29, 0.717) is 42.6 Å². The Kier molecular flexibility index (Phi) is 8.92. The van der Waals surface area contributed by atoms with Crippen molar-refractivity contribution in [2.45, 2.75) is 64.8 Å². The Morgan fingerprint density at radius 2 is 1.97 bits per heavy atom. The smallest absolute Gasteiger partial charge is 0.154 e. The fourth-order valence-electron chi connectivity index (χ4n) is 5.15. The molecule has 5 nitrogen and oxygen atoms in total. The first-order valence-corrected chi connectivity index (χ1v) is 12.5. The van der Waals surface area contributed by atoms with Gasteiger partial charge in [0.1, 0.15) is 11.5 Å². The van der Waals surface area contributed by atoms with Gasteiger partial charge in [-0.2, -0.15) is 0 Å². The van der Waals surface area contributed by atoms with Crippen molar-refractivity contribution in [3.63, 3.8) is 0 Å². The van der Waals surface area contributed by atoms with Crippen LogP contribution in [0.15, 0.2) is 43.0 Å². The normalized spacial score (nSPS) is 18.1. The molecule has 0 bridgehead atoms. The predicted molar refractivity (Wildman–Crippen MR) is 142 cm³/mol. The summed E-state index contributed by atoms with van der Waals surface area (Å²) < 4.78 is 5.99. The SMILES string of the molecule is C=C(c1ccccc1C)c1c(O)c2c(c(O)c1C=O)[C@@H](COCC(N)CCCC)CC(C(=C)C)C2. The third-order valence-corrected chi connectivity index (χ3v) is 7.22. The quantitative estimate of drug-likeness (QED) is 0.209. The van der Waals surface area contributed by atoms with Gasteiger partial charge >= 0.3 is 0 Å². The Hall–Kier alpha value is -2.89. The standard InChI is InChI=1S/C30H39NO4/c1-6-7-11-23(31)17-35-16-22-13-21(18(2)3)14-25-28(22)30(34)26(15-32)27(29(25)33)20(5)24-12-9-8-10-19(24)4/h8-10,12,15,21-23,33-34H,2,5-7,11,13-14,16-17,31H2,1,3-4H3/t21?,22-,23?/m1/s1. The lowest BCUT2D eigenvalue weighted by Gasteiger charge is -2.34. The molecule has 0 spiro atoms. The predicted octanol–water partition coefficient (Wildman–Crippen LogP) is 6.04. The van der Waals surface area contributed by atoms with E-state index in [-0.39, 0.29) is 40.5 Å². The number of phenolic OH excluding ortho intramolecular Hbond substituents is 2. The van der Waals surface area contributed by atoms with Crippen molar-refractivity contribution in [3.8, 4) is 11.5 Å². The number of fused-ring (bicyclic) bond motifs is 1. The summed E-state index contributed by atoms with van der Waals surface area (Å²) >= 11 is 0. The first-order valence-electron chi connectivity index (χ1n) is 12.5. The molecule has 0 radical (unpaired) electrons. The number of aromatic hydroxyl groups is 2. The zero-order chi connectivity index (χ0) is 25.7. The lowest BCUT2D eigenvalue weighted by atomic mass is 9.72. The lowest BCUT2D eigenvalue weighted by Crippen LogP contribution is -2.29. The molecule has 1 aliphatic carbocycles. The summed E-state index contributed by atoms with van der Waals surface area (Å²) in [5.41, 5.74) is 11.1. The average molecular weight is 478 g/mol. The van der Waals surface area contributed by atoms with Crippen LogP contribution in [-0.2, 0) is 11.2 Å². The van der Waals surface area contributed by atoms with Gasteiger partial charge in [0, 0.05) is 28.7 Å². The molecule has 0 amide bonds. The molecule has 35 heavy (non-hydrogen) atoms. The third-order valence-electron chi connectivity index (χ3n) is 7.22. The summed E-state index contributed by atoms with van der Waals surface area (Å²) in [4.78, 5) is 12.2. The third kappa shape index (κ3) is 5.68. The molecule has 1 aliphatic rings. The van der Waals surface area contributed by atoms with Gasteiger partial charge in [-0.1, -0.05) is 62.8 Å². The van der Waals surface area contributed by atoms with Crippen molar-refractivity contribution in [1.82, 2.24) is 0 Å². The van der Waals surface area contributed by atoms with Gasteiger partial charge in [0.25, 0.3) is 0 Å². The highest BCUT2D eigenvalue weighted by atomic mass is 16.5. The van der Waals surface area contributed by atoms with E-state index in [1.165, 1.54) is 0 Å². The van der Waals surface area contributed by atoms with E-state index in [9.17, 15) is 15.0 Å². The number of aldehydes is 1. The van der Waals surface area contributed by atoms with Crippen LogP contribution in [0, 0.1) is 12.8 Å². The summed E-state index contributed by atoms with van der Waals surface area (Å²) in [5, 5.41) is 22.8. The number of phenols is 2. The number of carbonyl (C=O) groups is 1. The van der Waals surface area contributed by atoms with Gasteiger partial charge in [-0.15, -0.1) is 0 Å². The molecule has 2 aromatic carbocycles. The highest BCUT2D eigenvalue weighted by Crippen LogP contribution is 2.50. The molecule has 2 unspecified atom stereocenters. The van der Waals surface area contributed by atoms with Crippen molar-refractivity contribution in [2.75, 3.05) is 13.2 Å². The van der Waals surface area contributed by atoms with Crippen molar-refractivity contribution in [2.24, 2.45) is 11.7 Å². The Bertz CT molecular complexity index is 1100. The Morgan fingerprint density at radius 1 is 1.26 bits per heavy atom. The van der Waals surface area contributed by atoms with Crippen LogP contribution in [0.4, 0.5) is 0 Å². The van der Waals surface area contributed by atoms with Crippen LogP contribution in [0.2, 0.25) is 0 Å². The summed E-state index contributed by atoms with van der Waals surface area (Å²) in [6.07, 6.45) is 4.90. The van der Waals surface area contributed by atoms with Gasteiger partial charge in [-0.3, -0.25) is 4.79 Å². The van der Waals surface area contributed by atoms with Crippen molar-refractivity contribution < 1.29 is 19.7 Å². The maximum absolute atomic E-state index is 12.2. The monoisotopic (exact) mass is 477 g/mol. The molecule has 5 heteroatoms. The van der Waals surface area contributed by atoms with E-state index in [0.717, 1.165) is 42.4 Å². The lowest BCUT2D eigenvalue weighted by molar-refractivity contribution is 0.0971. The minimum atomic E-state index is -0.191. The van der Waals surface area contributed by atoms with Crippen molar-refractivity contribution in [1.29, 1.82) is 0 Å². The molecule has 2 aromatic rings. The molecule has 188 valence electrons. The molecular weight excluding hydrogens is 438 g/mol. The van der Waals surface area contributed by atoms with Crippen LogP contribution in [-0.4, -0.2) is 35.8 Å². The van der Waals surface area contributed by atoms with Crippen LogP contribution in [0.3, 0.4) is 0 Å². The number of nitrogens with two attached hydrogens (primary N) is 1. The van der Waals surface area contributed by atoms with Gasteiger partial charge in [0.05, 0.1) is 18.8 Å². The Morgan fingerprint density at radius 3 is 2.60 bits per heavy atom. The van der Waals surface area contributed by atoms with Crippen molar-refractivity contribution in [3.05, 3.63) is 76.4 Å². The van der Waals surface area contributed by atoms with Crippen LogP contribution >= 0.6 is 0 Å². The van der Waals surface area contributed by atoms with E-state index in [4.69, 9.17) is 10.5 Å². The zero-order valence-electron chi connectivity index (χ0n) is 21.3. The second-order valence-corrected chi connectivity index (χ2v) is 9.91. The Balaban J connectivity index is 2.04. The first kappa shape index (κ1) is 26.7. The van der Waals surface area contributed by atoms with E-state index >= 15 is 0 Å². The number of ether oxygens (including phenoxy) is 1. The number of hydrogen-bond donors (Lipinski definition) is 3. The number of carbonyl (C=O) groups excluding carboxylic acids is 1. The topological polar surface area (TPSA) is 92.8 Å². The number of aryl methyl sites for hydroxylation is 1.